The average molecular weight is 197 g/mol. The van der Waals surface area contributed by atoms with Gasteiger partial charge in [-0.2, -0.15) is 0 Å². The Morgan fingerprint density at radius 3 is 2.07 bits per heavy atom. The van der Waals surface area contributed by atoms with Gasteiger partial charge in [0, 0.05) is 11.5 Å². The third-order valence-electron chi connectivity index (χ3n) is 5.36. The van der Waals surface area contributed by atoms with Gasteiger partial charge in [-0.1, -0.05) is 20.8 Å². The molecule has 2 aliphatic carbocycles. The summed E-state index contributed by atoms with van der Waals surface area (Å²) in [7, 11) is 4.18. The summed E-state index contributed by atoms with van der Waals surface area (Å²) in [6.45, 7) is 6.93. The molecule has 0 aromatic rings. The predicted octanol–water partition coefficient (Wildman–Crippen LogP) is 1.73. The second-order valence-corrected chi connectivity index (χ2v) is 6.18. The highest BCUT2D eigenvalue weighted by atomic mass is 16.3. The normalized spacial score (nSPS) is 50.4. The van der Waals surface area contributed by atoms with E-state index < -0.39 is 0 Å². The first-order valence-electron chi connectivity index (χ1n) is 5.67. The van der Waals surface area contributed by atoms with Crippen molar-refractivity contribution in [3.05, 3.63) is 0 Å². The number of aliphatic hydroxyl groups is 1. The van der Waals surface area contributed by atoms with Crippen LogP contribution in [0, 0.1) is 16.7 Å². The second-order valence-electron chi connectivity index (χ2n) is 6.18. The topological polar surface area (TPSA) is 23.5 Å². The summed E-state index contributed by atoms with van der Waals surface area (Å²) >= 11 is 0. The van der Waals surface area contributed by atoms with E-state index in [1.807, 2.05) is 0 Å². The van der Waals surface area contributed by atoms with Gasteiger partial charge in [0.1, 0.15) is 0 Å². The number of hydrogen-bond donors (Lipinski definition) is 1. The first-order chi connectivity index (χ1) is 6.32. The van der Waals surface area contributed by atoms with Gasteiger partial charge in [0.25, 0.3) is 0 Å². The Balaban J connectivity index is 2.39. The van der Waals surface area contributed by atoms with Gasteiger partial charge in [-0.25, -0.2) is 0 Å². The molecule has 0 unspecified atom stereocenters. The maximum Gasteiger partial charge on any atom is 0.0756 e. The van der Waals surface area contributed by atoms with E-state index in [0.717, 1.165) is 0 Å². The van der Waals surface area contributed by atoms with Crippen molar-refractivity contribution in [2.45, 2.75) is 45.8 Å². The standard InChI is InChI=1S/C12H23NO/c1-11(2)8-6-7-12(11,3)10(14)9(8)13(4)5/h8-10,14H,6-7H2,1-5H3/t8-,9+,10+,12+/m1/s1. The molecule has 2 saturated carbocycles. The van der Waals surface area contributed by atoms with E-state index in [4.69, 9.17) is 0 Å². The lowest BCUT2D eigenvalue weighted by Crippen LogP contribution is -2.46. The number of hydrogen-bond acceptors (Lipinski definition) is 2. The van der Waals surface area contributed by atoms with Gasteiger partial charge in [-0.05, 0) is 38.3 Å². The summed E-state index contributed by atoms with van der Waals surface area (Å²) in [4.78, 5) is 2.21. The monoisotopic (exact) mass is 197 g/mol. The Hall–Kier alpha value is -0.0800. The van der Waals surface area contributed by atoms with Crippen LogP contribution in [0.25, 0.3) is 0 Å². The molecule has 4 atom stereocenters. The van der Waals surface area contributed by atoms with Crippen LogP contribution in [0.1, 0.15) is 33.6 Å². The number of aliphatic hydroxyl groups excluding tert-OH is 1. The van der Waals surface area contributed by atoms with Crippen molar-refractivity contribution in [3.63, 3.8) is 0 Å². The smallest absolute Gasteiger partial charge is 0.0756 e. The van der Waals surface area contributed by atoms with Crippen LogP contribution in [0.2, 0.25) is 0 Å². The van der Waals surface area contributed by atoms with E-state index in [-0.39, 0.29) is 11.5 Å². The maximum absolute atomic E-state index is 10.4. The van der Waals surface area contributed by atoms with Crippen LogP contribution in [-0.4, -0.2) is 36.2 Å². The number of likely N-dealkylation sites (N-methyl/N-ethyl adjacent to an activating group) is 1. The fraction of sp³-hybridized carbons (Fsp3) is 1.00. The zero-order valence-electron chi connectivity index (χ0n) is 10.0. The molecule has 0 amide bonds. The molecule has 2 nitrogen and oxygen atoms in total. The zero-order valence-corrected chi connectivity index (χ0v) is 10.0. The Morgan fingerprint density at radius 2 is 1.79 bits per heavy atom. The molecular weight excluding hydrogens is 174 g/mol. The quantitative estimate of drug-likeness (QED) is 0.692. The first kappa shape index (κ1) is 10.4. The van der Waals surface area contributed by atoms with Gasteiger partial charge in [-0.3, -0.25) is 0 Å². The molecule has 14 heavy (non-hydrogen) atoms. The van der Waals surface area contributed by atoms with Crippen LogP contribution < -0.4 is 0 Å². The Morgan fingerprint density at radius 1 is 1.21 bits per heavy atom. The van der Waals surface area contributed by atoms with Crippen molar-refractivity contribution in [3.8, 4) is 0 Å². The van der Waals surface area contributed by atoms with Crippen LogP contribution >= 0.6 is 0 Å². The van der Waals surface area contributed by atoms with Crippen LogP contribution in [0.3, 0.4) is 0 Å². The summed E-state index contributed by atoms with van der Waals surface area (Å²) < 4.78 is 0. The van der Waals surface area contributed by atoms with Crippen LogP contribution in [0.5, 0.6) is 0 Å². The largest absolute Gasteiger partial charge is 0.391 e. The minimum Gasteiger partial charge on any atom is -0.391 e. The van der Waals surface area contributed by atoms with E-state index >= 15 is 0 Å². The van der Waals surface area contributed by atoms with E-state index in [0.29, 0.717) is 17.4 Å². The molecule has 82 valence electrons. The van der Waals surface area contributed by atoms with Crippen LogP contribution in [-0.2, 0) is 0 Å². The van der Waals surface area contributed by atoms with E-state index in [9.17, 15) is 5.11 Å². The van der Waals surface area contributed by atoms with Crippen LogP contribution in [0.4, 0.5) is 0 Å². The third kappa shape index (κ3) is 0.938. The minimum absolute atomic E-state index is 0.132. The molecule has 0 aliphatic heterocycles. The summed E-state index contributed by atoms with van der Waals surface area (Å²) in [6.07, 6.45) is 2.32. The SMILES string of the molecule is CN(C)[C@H]1[C@H]2CC[C@@](C)([C@H]1O)C2(C)C. The lowest BCUT2D eigenvalue weighted by Gasteiger charge is -2.38. The average Bonchev–Trinajstić information content (AvgIpc) is 2.35. The Labute approximate surface area is 87.3 Å². The summed E-state index contributed by atoms with van der Waals surface area (Å²) in [5.41, 5.74) is 0.425. The van der Waals surface area contributed by atoms with Gasteiger partial charge in [0.05, 0.1) is 6.10 Å². The number of rotatable bonds is 1. The highest BCUT2D eigenvalue weighted by molar-refractivity contribution is 5.16. The first-order valence-corrected chi connectivity index (χ1v) is 5.67. The van der Waals surface area contributed by atoms with Crippen molar-refractivity contribution in [1.82, 2.24) is 4.90 Å². The predicted molar refractivity (Wildman–Crippen MR) is 58.1 cm³/mol. The molecule has 1 N–H and O–H groups in total. The molecule has 0 radical (unpaired) electrons. The number of nitrogens with zero attached hydrogens (tertiary/aromatic N) is 1. The molecule has 2 heteroatoms. The molecule has 2 aliphatic rings. The zero-order chi connectivity index (χ0) is 10.7. The highest BCUT2D eigenvalue weighted by Gasteiger charge is 2.66. The molecule has 2 bridgehead atoms. The van der Waals surface area contributed by atoms with Gasteiger partial charge in [-0.15, -0.1) is 0 Å². The fourth-order valence-corrected chi connectivity index (χ4v) is 3.93. The van der Waals surface area contributed by atoms with Gasteiger partial charge >= 0.3 is 0 Å². The minimum atomic E-state index is -0.147. The summed E-state index contributed by atoms with van der Waals surface area (Å²) in [6, 6.07) is 0.365. The van der Waals surface area contributed by atoms with Gasteiger partial charge in [0.2, 0.25) is 0 Å². The molecule has 0 spiro atoms. The molecular formula is C12H23NO. The highest BCUT2D eigenvalue weighted by Crippen LogP contribution is 2.66. The molecule has 0 aromatic heterocycles. The van der Waals surface area contributed by atoms with E-state index in [1.165, 1.54) is 12.8 Å². The van der Waals surface area contributed by atoms with Crippen molar-refractivity contribution >= 4 is 0 Å². The van der Waals surface area contributed by atoms with Gasteiger partial charge in [0.15, 0.2) is 0 Å². The van der Waals surface area contributed by atoms with Crippen molar-refractivity contribution in [2.24, 2.45) is 16.7 Å². The summed E-state index contributed by atoms with van der Waals surface area (Å²) in [5, 5.41) is 10.4. The van der Waals surface area contributed by atoms with Crippen molar-refractivity contribution in [2.75, 3.05) is 14.1 Å². The molecule has 2 rings (SSSR count). The lowest BCUT2D eigenvalue weighted by atomic mass is 9.70. The number of fused-ring (bicyclic) bond motifs is 2. The van der Waals surface area contributed by atoms with E-state index in [1.54, 1.807) is 0 Å². The second kappa shape index (κ2) is 2.73. The van der Waals surface area contributed by atoms with Crippen molar-refractivity contribution in [1.29, 1.82) is 0 Å². The Kier molecular flexibility index (Phi) is 2.04. The third-order valence-corrected chi connectivity index (χ3v) is 5.36. The van der Waals surface area contributed by atoms with E-state index in [2.05, 4.69) is 39.8 Å². The molecule has 0 saturated heterocycles. The lowest BCUT2D eigenvalue weighted by molar-refractivity contribution is -0.0195. The maximum atomic E-state index is 10.4. The molecule has 0 aromatic carbocycles. The van der Waals surface area contributed by atoms with Gasteiger partial charge < -0.3 is 10.0 Å². The molecule has 0 heterocycles. The fourth-order valence-electron chi connectivity index (χ4n) is 3.93. The summed E-state index contributed by atoms with van der Waals surface area (Å²) in [5.74, 6) is 0.664. The molecule has 2 fully saturated rings. The Bertz CT molecular complexity index is 249. The van der Waals surface area contributed by atoms with Crippen molar-refractivity contribution < 1.29 is 5.11 Å². The van der Waals surface area contributed by atoms with Crippen LogP contribution in [0.15, 0.2) is 0 Å².